The van der Waals surface area contributed by atoms with Crippen LogP contribution in [-0.2, 0) is 24.3 Å². The minimum Gasteiger partial charge on any atom is -0.463 e. The molecule has 1 N–H and O–H groups in total. The van der Waals surface area contributed by atoms with E-state index in [1.165, 1.54) is 36.4 Å². The fourth-order valence-electron chi connectivity index (χ4n) is 2.34. The van der Waals surface area contributed by atoms with Gasteiger partial charge >= 0.3 is 11.9 Å². The van der Waals surface area contributed by atoms with Crippen LogP contribution in [0.25, 0.3) is 0 Å². The Balaban J connectivity index is 1.83. The van der Waals surface area contributed by atoms with E-state index in [0.717, 1.165) is 0 Å². The van der Waals surface area contributed by atoms with Gasteiger partial charge in [-0.15, -0.1) is 0 Å². The van der Waals surface area contributed by atoms with E-state index in [-0.39, 0.29) is 29.2 Å². The van der Waals surface area contributed by atoms with E-state index in [4.69, 9.17) is 21.1 Å². The highest BCUT2D eigenvalue weighted by atomic mass is 35.5. The van der Waals surface area contributed by atoms with Gasteiger partial charge in [0.1, 0.15) is 0 Å². The van der Waals surface area contributed by atoms with Gasteiger partial charge in [0.05, 0.1) is 22.8 Å². The summed E-state index contributed by atoms with van der Waals surface area (Å²) in [6, 6.07) is 11.5. The number of hydrogen-bond donors (Lipinski definition) is 1. The topological polar surface area (TPSA) is 98.8 Å². The Bertz CT molecular complexity index is 942. The predicted octanol–water partition coefficient (Wildman–Crippen LogP) is 2.61. The number of halogens is 1. The normalized spacial score (nSPS) is 16.8. The second-order valence-corrected chi connectivity index (χ2v) is 7.57. The molecule has 3 rings (SSSR count). The summed E-state index contributed by atoms with van der Waals surface area (Å²) in [6.07, 6.45) is -0.716. The molecule has 2 aromatic rings. The fraction of sp³-hybridized carbons (Fsp3) is 0.176. The SMILES string of the molecule is O=C(O[C@@H]1CCOC1=O)c1ccccc1NS(=O)(=O)c1ccc(Cl)cc1. The summed E-state index contributed by atoms with van der Waals surface area (Å²) in [5, 5.41) is 0.399. The van der Waals surface area contributed by atoms with Crippen molar-refractivity contribution in [3.8, 4) is 0 Å². The number of carbonyl (C=O) groups excluding carboxylic acids is 2. The lowest BCUT2D eigenvalue weighted by atomic mass is 10.2. The zero-order valence-corrected chi connectivity index (χ0v) is 14.9. The lowest BCUT2D eigenvalue weighted by Crippen LogP contribution is -2.24. The van der Waals surface area contributed by atoms with Gasteiger partial charge < -0.3 is 9.47 Å². The van der Waals surface area contributed by atoms with E-state index in [1.54, 1.807) is 12.1 Å². The van der Waals surface area contributed by atoms with E-state index in [9.17, 15) is 18.0 Å². The van der Waals surface area contributed by atoms with Crippen LogP contribution in [0.2, 0.25) is 5.02 Å². The number of rotatable bonds is 5. The summed E-state index contributed by atoms with van der Waals surface area (Å²) in [5.74, 6) is -1.43. The van der Waals surface area contributed by atoms with Gasteiger partial charge in [0.15, 0.2) is 0 Å². The van der Waals surface area contributed by atoms with Crippen molar-refractivity contribution in [2.45, 2.75) is 17.4 Å². The van der Waals surface area contributed by atoms with Crippen molar-refractivity contribution in [3.05, 3.63) is 59.1 Å². The maximum Gasteiger partial charge on any atom is 0.347 e. The summed E-state index contributed by atoms with van der Waals surface area (Å²) < 4.78 is 37.2. The van der Waals surface area contributed by atoms with Gasteiger partial charge in [-0.2, -0.15) is 0 Å². The highest BCUT2D eigenvalue weighted by Crippen LogP contribution is 2.23. The molecule has 1 atom stereocenters. The van der Waals surface area contributed by atoms with Gasteiger partial charge in [0.2, 0.25) is 6.10 Å². The van der Waals surface area contributed by atoms with Crippen LogP contribution in [0.4, 0.5) is 5.69 Å². The van der Waals surface area contributed by atoms with Crippen LogP contribution in [0.3, 0.4) is 0 Å². The van der Waals surface area contributed by atoms with Crippen molar-refractivity contribution < 1.29 is 27.5 Å². The van der Waals surface area contributed by atoms with Crippen molar-refractivity contribution in [2.24, 2.45) is 0 Å². The molecule has 26 heavy (non-hydrogen) atoms. The quantitative estimate of drug-likeness (QED) is 0.781. The average Bonchev–Trinajstić information content (AvgIpc) is 3.00. The van der Waals surface area contributed by atoms with E-state index < -0.39 is 28.1 Å². The number of cyclic esters (lactones) is 1. The molecule has 1 aliphatic rings. The third-order valence-corrected chi connectivity index (χ3v) is 5.29. The first-order valence-electron chi connectivity index (χ1n) is 7.62. The van der Waals surface area contributed by atoms with Gasteiger partial charge in [-0.3, -0.25) is 4.72 Å². The minimum absolute atomic E-state index is 0.00950. The van der Waals surface area contributed by atoms with Gasteiger partial charge in [-0.1, -0.05) is 23.7 Å². The van der Waals surface area contributed by atoms with Crippen LogP contribution in [0.15, 0.2) is 53.4 Å². The first-order chi connectivity index (χ1) is 12.4. The molecule has 1 fully saturated rings. The number of nitrogens with one attached hydrogen (secondary N) is 1. The molecule has 0 aromatic heterocycles. The molecule has 1 heterocycles. The number of anilines is 1. The number of benzene rings is 2. The van der Waals surface area contributed by atoms with Crippen molar-refractivity contribution >= 4 is 39.3 Å². The Kier molecular flexibility index (Phi) is 5.15. The maximum atomic E-state index is 12.5. The fourth-order valence-corrected chi connectivity index (χ4v) is 3.55. The Morgan fingerprint density at radius 1 is 1.15 bits per heavy atom. The highest BCUT2D eigenvalue weighted by molar-refractivity contribution is 7.92. The number of esters is 2. The molecule has 0 bridgehead atoms. The summed E-state index contributed by atoms with van der Waals surface area (Å²) in [4.78, 5) is 23.8. The Labute approximate surface area is 154 Å². The van der Waals surface area contributed by atoms with Crippen LogP contribution >= 0.6 is 11.6 Å². The smallest absolute Gasteiger partial charge is 0.347 e. The number of sulfonamides is 1. The molecular formula is C17H14ClNO6S. The molecule has 1 saturated heterocycles. The van der Waals surface area contributed by atoms with Crippen LogP contribution in [0.5, 0.6) is 0 Å². The predicted molar refractivity (Wildman–Crippen MR) is 93.5 cm³/mol. The molecule has 0 radical (unpaired) electrons. The van der Waals surface area contributed by atoms with Crippen molar-refractivity contribution in [1.82, 2.24) is 0 Å². The number of para-hydroxylation sites is 1. The van der Waals surface area contributed by atoms with Crippen LogP contribution in [0, 0.1) is 0 Å². The van der Waals surface area contributed by atoms with E-state index in [0.29, 0.717) is 5.02 Å². The first kappa shape index (κ1) is 18.2. The van der Waals surface area contributed by atoms with Crippen LogP contribution in [-0.4, -0.2) is 33.1 Å². The monoisotopic (exact) mass is 395 g/mol. The largest absolute Gasteiger partial charge is 0.463 e. The molecule has 2 aromatic carbocycles. The number of carbonyl (C=O) groups is 2. The molecule has 1 aliphatic heterocycles. The van der Waals surface area contributed by atoms with Gasteiger partial charge in [0.25, 0.3) is 10.0 Å². The summed E-state index contributed by atoms with van der Waals surface area (Å²) in [6.45, 7) is 0.182. The first-order valence-corrected chi connectivity index (χ1v) is 9.48. The van der Waals surface area contributed by atoms with Crippen molar-refractivity contribution in [2.75, 3.05) is 11.3 Å². The standard InChI is InChI=1S/C17H14ClNO6S/c18-11-5-7-12(8-6-11)26(22,23)19-14-4-2-1-3-13(14)16(20)25-15-9-10-24-17(15)21/h1-8,15,19H,9-10H2/t15-/m1/s1. The maximum absolute atomic E-state index is 12.5. The lowest BCUT2D eigenvalue weighted by Gasteiger charge is -2.13. The summed E-state index contributed by atoms with van der Waals surface area (Å²) >= 11 is 5.77. The molecule has 0 spiro atoms. The third-order valence-electron chi connectivity index (χ3n) is 3.65. The molecule has 7 nitrogen and oxygen atoms in total. The number of hydrogen-bond acceptors (Lipinski definition) is 6. The molecular weight excluding hydrogens is 382 g/mol. The van der Waals surface area contributed by atoms with Crippen molar-refractivity contribution in [3.63, 3.8) is 0 Å². The summed E-state index contributed by atoms with van der Waals surface area (Å²) in [7, 11) is -3.93. The lowest BCUT2D eigenvalue weighted by molar-refractivity contribution is -0.145. The molecule has 136 valence electrons. The molecule has 9 heteroatoms. The Hall–Kier alpha value is -2.58. The Morgan fingerprint density at radius 3 is 2.50 bits per heavy atom. The molecule has 0 amide bonds. The van der Waals surface area contributed by atoms with Gasteiger partial charge in [-0.25, -0.2) is 18.0 Å². The van der Waals surface area contributed by atoms with Crippen LogP contribution < -0.4 is 4.72 Å². The Morgan fingerprint density at radius 2 is 1.85 bits per heavy atom. The van der Waals surface area contributed by atoms with Crippen molar-refractivity contribution in [1.29, 1.82) is 0 Å². The second-order valence-electron chi connectivity index (χ2n) is 5.46. The average molecular weight is 396 g/mol. The van der Waals surface area contributed by atoms with Gasteiger partial charge in [0, 0.05) is 11.4 Å². The molecule has 0 aliphatic carbocycles. The van der Waals surface area contributed by atoms with E-state index in [1.807, 2.05) is 0 Å². The van der Waals surface area contributed by atoms with E-state index in [2.05, 4.69) is 4.72 Å². The van der Waals surface area contributed by atoms with Crippen LogP contribution in [0.1, 0.15) is 16.8 Å². The summed E-state index contributed by atoms with van der Waals surface area (Å²) in [5.41, 5.74) is 0.0311. The minimum atomic E-state index is -3.93. The number of ether oxygens (including phenoxy) is 2. The molecule has 0 saturated carbocycles. The molecule has 0 unspecified atom stereocenters. The highest BCUT2D eigenvalue weighted by Gasteiger charge is 2.31. The second kappa shape index (κ2) is 7.35. The zero-order valence-electron chi connectivity index (χ0n) is 13.3. The third kappa shape index (κ3) is 3.97. The van der Waals surface area contributed by atoms with Gasteiger partial charge in [-0.05, 0) is 36.4 Å². The van der Waals surface area contributed by atoms with E-state index >= 15 is 0 Å². The zero-order chi connectivity index (χ0) is 18.7.